The largest absolute Gasteiger partial charge is 0.501 e. The van der Waals surface area contributed by atoms with Crippen molar-refractivity contribution >= 4 is 22.9 Å². The molecule has 0 aliphatic carbocycles. The molecule has 0 unspecified atom stereocenters. The fourth-order valence-electron chi connectivity index (χ4n) is 2.79. The van der Waals surface area contributed by atoms with Gasteiger partial charge in [-0.1, -0.05) is 61.2 Å². The van der Waals surface area contributed by atoms with Crippen molar-refractivity contribution < 1.29 is 4.74 Å². The Balaban J connectivity index is 1.81. The van der Waals surface area contributed by atoms with Gasteiger partial charge < -0.3 is 10.1 Å². The van der Waals surface area contributed by atoms with Crippen LogP contribution in [-0.2, 0) is 11.2 Å². The van der Waals surface area contributed by atoms with Crippen LogP contribution in [0.15, 0.2) is 68.0 Å². The predicted octanol–water partition coefficient (Wildman–Crippen LogP) is 6.40. The van der Waals surface area contributed by atoms with Gasteiger partial charge in [-0.15, -0.1) is 0 Å². The lowest BCUT2D eigenvalue weighted by molar-refractivity contribution is 0.253. The zero-order valence-electron chi connectivity index (χ0n) is 16.2. The summed E-state index contributed by atoms with van der Waals surface area (Å²) in [6.45, 7) is 13.8. The van der Waals surface area contributed by atoms with Gasteiger partial charge in [-0.25, -0.2) is 0 Å². The standard InChI is InChI=1S/C24H28ClNO/c1-5-15-27-16-13-21-7-9-22(10-8-21)20(4)26-14-12-19(3)24-17-23(25)11-6-18(24)2/h5-11,15,17,26H,3-4,12-14,16H2,1-2H3/b15-5-. The van der Waals surface area contributed by atoms with Crippen molar-refractivity contribution in [2.75, 3.05) is 13.2 Å². The maximum Gasteiger partial charge on any atom is 0.0913 e. The number of allylic oxidation sites excluding steroid dienone is 1. The molecule has 0 spiro atoms. The van der Waals surface area contributed by atoms with E-state index in [1.807, 2.05) is 31.2 Å². The number of ether oxygens (including phenoxy) is 1. The summed E-state index contributed by atoms with van der Waals surface area (Å²) < 4.78 is 5.37. The van der Waals surface area contributed by atoms with Gasteiger partial charge in [0, 0.05) is 23.7 Å². The number of nitrogens with one attached hydrogen (secondary N) is 1. The number of aryl methyl sites for hydroxylation is 1. The van der Waals surface area contributed by atoms with E-state index in [1.165, 1.54) is 11.1 Å². The van der Waals surface area contributed by atoms with Gasteiger partial charge in [-0.3, -0.25) is 0 Å². The number of halogens is 1. The van der Waals surface area contributed by atoms with Crippen LogP contribution in [0.25, 0.3) is 11.3 Å². The van der Waals surface area contributed by atoms with E-state index in [0.29, 0.717) is 6.61 Å². The maximum absolute atomic E-state index is 6.10. The van der Waals surface area contributed by atoms with Crippen LogP contribution in [0.2, 0.25) is 5.02 Å². The first-order valence-corrected chi connectivity index (χ1v) is 9.58. The molecule has 0 amide bonds. The molecule has 0 fully saturated rings. The molecular formula is C24H28ClNO. The average Bonchev–Trinajstić information content (AvgIpc) is 2.67. The highest BCUT2D eigenvalue weighted by molar-refractivity contribution is 6.30. The summed E-state index contributed by atoms with van der Waals surface area (Å²) in [5.74, 6) is 0. The normalized spacial score (nSPS) is 10.8. The van der Waals surface area contributed by atoms with Crippen LogP contribution in [-0.4, -0.2) is 13.2 Å². The Morgan fingerprint density at radius 1 is 1.15 bits per heavy atom. The third kappa shape index (κ3) is 6.65. The van der Waals surface area contributed by atoms with Gasteiger partial charge in [0.05, 0.1) is 12.9 Å². The monoisotopic (exact) mass is 381 g/mol. The Hall–Kier alpha value is -2.45. The molecule has 0 aliphatic rings. The SMILES string of the molecule is C=C(NCCC(=C)c1cc(Cl)ccc1C)c1ccc(CCO/C=C\C)cc1. The lowest BCUT2D eigenvalue weighted by Gasteiger charge is -2.13. The van der Waals surface area contributed by atoms with Gasteiger partial charge in [0.2, 0.25) is 0 Å². The van der Waals surface area contributed by atoms with Gasteiger partial charge >= 0.3 is 0 Å². The fraction of sp³-hybridized carbons (Fsp3) is 0.250. The molecule has 2 aromatic carbocycles. The van der Waals surface area contributed by atoms with Crippen LogP contribution in [0.4, 0.5) is 0 Å². The van der Waals surface area contributed by atoms with Crippen molar-refractivity contribution in [2.45, 2.75) is 26.7 Å². The highest BCUT2D eigenvalue weighted by Gasteiger charge is 2.05. The van der Waals surface area contributed by atoms with E-state index < -0.39 is 0 Å². The number of hydrogen-bond acceptors (Lipinski definition) is 2. The molecule has 0 heterocycles. The highest BCUT2D eigenvalue weighted by atomic mass is 35.5. The average molecular weight is 382 g/mol. The Morgan fingerprint density at radius 2 is 1.89 bits per heavy atom. The van der Waals surface area contributed by atoms with Gasteiger partial charge in [-0.05, 0) is 60.2 Å². The van der Waals surface area contributed by atoms with Crippen LogP contribution in [0.1, 0.15) is 35.6 Å². The minimum absolute atomic E-state index is 0.688. The van der Waals surface area contributed by atoms with Crippen molar-refractivity contribution in [2.24, 2.45) is 0 Å². The molecule has 142 valence electrons. The molecule has 2 aromatic rings. The summed E-state index contributed by atoms with van der Waals surface area (Å²) in [6.07, 6.45) is 5.34. The van der Waals surface area contributed by atoms with Crippen LogP contribution < -0.4 is 5.32 Å². The summed E-state index contributed by atoms with van der Waals surface area (Å²) >= 11 is 6.10. The summed E-state index contributed by atoms with van der Waals surface area (Å²) in [7, 11) is 0. The predicted molar refractivity (Wildman–Crippen MR) is 118 cm³/mol. The first kappa shape index (κ1) is 20.9. The summed E-state index contributed by atoms with van der Waals surface area (Å²) in [5, 5.41) is 4.13. The Morgan fingerprint density at radius 3 is 2.59 bits per heavy atom. The van der Waals surface area contributed by atoms with Gasteiger partial charge in [-0.2, -0.15) is 0 Å². The van der Waals surface area contributed by atoms with E-state index in [9.17, 15) is 0 Å². The lowest BCUT2D eigenvalue weighted by Crippen LogP contribution is -2.13. The quantitative estimate of drug-likeness (QED) is 0.379. The first-order chi connectivity index (χ1) is 13.0. The van der Waals surface area contributed by atoms with Gasteiger partial charge in [0.15, 0.2) is 0 Å². The molecule has 27 heavy (non-hydrogen) atoms. The second-order valence-corrected chi connectivity index (χ2v) is 6.94. The molecule has 0 atom stereocenters. The molecule has 2 rings (SSSR count). The fourth-order valence-corrected chi connectivity index (χ4v) is 2.96. The molecule has 0 aliphatic heterocycles. The van der Waals surface area contributed by atoms with Crippen molar-refractivity contribution in [3.8, 4) is 0 Å². The van der Waals surface area contributed by atoms with Gasteiger partial charge in [0.25, 0.3) is 0 Å². The Labute approximate surface area is 168 Å². The zero-order valence-corrected chi connectivity index (χ0v) is 17.0. The summed E-state index contributed by atoms with van der Waals surface area (Å²) in [6, 6.07) is 14.3. The third-order valence-corrected chi connectivity index (χ3v) is 4.62. The molecule has 3 heteroatoms. The van der Waals surface area contributed by atoms with Crippen LogP contribution in [0.5, 0.6) is 0 Å². The number of rotatable bonds is 10. The number of hydrogen-bond donors (Lipinski definition) is 1. The van der Waals surface area contributed by atoms with Crippen molar-refractivity contribution in [1.82, 2.24) is 5.32 Å². The zero-order chi connectivity index (χ0) is 19.6. The smallest absolute Gasteiger partial charge is 0.0913 e. The molecule has 0 radical (unpaired) electrons. The van der Waals surface area contributed by atoms with Crippen molar-refractivity contribution in [3.63, 3.8) is 0 Å². The molecule has 0 bridgehead atoms. The molecule has 1 N–H and O–H groups in total. The second-order valence-electron chi connectivity index (χ2n) is 6.51. The number of benzene rings is 2. The first-order valence-electron chi connectivity index (χ1n) is 9.20. The third-order valence-electron chi connectivity index (χ3n) is 4.39. The second kappa shape index (κ2) is 10.6. The van der Waals surface area contributed by atoms with E-state index in [4.69, 9.17) is 16.3 Å². The molecule has 0 aromatic heterocycles. The Kier molecular flexibility index (Phi) is 8.22. The van der Waals surface area contributed by atoms with E-state index in [-0.39, 0.29) is 0 Å². The minimum Gasteiger partial charge on any atom is -0.501 e. The molecule has 0 saturated heterocycles. The summed E-state index contributed by atoms with van der Waals surface area (Å²) in [5.41, 5.74) is 6.66. The van der Waals surface area contributed by atoms with Gasteiger partial charge in [0.1, 0.15) is 0 Å². The van der Waals surface area contributed by atoms with E-state index >= 15 is 0 Å². The van der Waals surface area contributed by atoms with E-state index in [1.54, 1.807) is 6.26 Å². The maximum atomic E-state index is 6.10. The highest BCUT2D eigenvalue weighted by Crippen LogP contribution is 2.24. The Bertz CT molecular complexity index is 806. The lowest BCUT2D eigenvalue weighted by atomic mass is 9.99. The minimum atomic E-state index is 0.688. The van der Waals surface area contributed by atoms with Crippen LogP contribution in [0, 0.1) is 6.92 Å². The van der Waals surface area contributed by atoms with Crippen molar-refractivity contribution in [1.29, 1.82) is 0 Å². The van der Waals surface area contributed by atoms with E-state index in [0.717, 1.165) is 46.8 Å². The van der Waals surface area contributed by atoms with E-state index in [2.05, 4.69) is 49.7 Å². The van der Waals surface area contributed by atoms with Crippen molar-refractivity contribution in [3.05, 3.63) is 95.2 Å². The molecule has 2 nitrogen and oxygen atoms in total. The van der Waals surface area contributed by atoms with Crippen LogP contribution >= 0.6 is 11.6 Å². The molecule has 0 saturated carbocycles. The molecular weight excluding hydrogens is 354 g/mol. The van der Waals surface area contributed by atoms with Crippen LogP contribution in [0.3, 0.4) is 0 Å². The topological polar surface area (TPSA) is 21.3 Å². The summed E-state index contributed by atoms with van der Waals surface area (Å²) in [4.78, 5) is 0.